The van der Waals surface area contributed by atoms with E-state index < -0.39 is 26.6 Å². The summed E-state index contributed by atoms with van der Waals surface area (Å²) in [5.41, 5.74) is 0. The standard InChI is InChI=1S/C38H69N2O6P/c1-6-8-10-12-14-16-18-20-22-24-26-28-30-32-38(42)39-36(35-46-47(43,44)45-34-33-40(3,4)5)37(41)31-29-27-25-23-21-19-17-15-13-11-9-7-2/h8,10,14,16,20-23,29,31,36-37,41H,6-7,9,11-13,15,17-19,24-28,30,32-35H2,1-5H3,(H-,39,42,43,44)/b10-8-,16-14-,22-20-,23-21+,31-29+. The number of likely N-dealkylation sites (N-methyl/N-ethyl adjacent to an activating group) is 1. The Kier molecular flexibility index (Phi) is 29.1. The Labute approximate surface area is 288 Å². The Balaban J connectivity index is 4.70. The predicted molar refractivity (Wildman–Crippen MR) is 196 cm³/mol. The van der Waals surface area contributed by atoms with Gasteiger partial charge in [-0.25, -0.2) is 0 Å². The summed E-state index contributed by atoms with van der Waals surface area (Å²) in [5.74, 6) is -0.242. The molecule has 0 aromatic heterocycles. The fourth-order valence-corrected chi connectivity index (χ4v) is 5.25. The number of carbonyl (C=O) groups excluding carboxylic acids is 1. The van der Waals surface area contributed by atoms with Gasteiger partial charge in [0.15, 0.2) is 0 Å². The van der Waals surface area contributed by atoms with Gasteiger partial charge in [-0.2, -0.15) is 0 Å². The van der Waals surface area contributed by atoms with Crippen LogP contribution in [0.25, 0.3) is 0 Å². The van der Waals surface area contributed by atoms with Gasteiger partial charge in [-0.1, -0.05) is 113 Å². The highest BCUT2D eigenvalue weighted by Crippen LogP contribution is 2.38. The largest absolute Gasteiger partial charge is 0.756 e. The minimum Gasteiger partial charge on any atom is -0.756 e. The average Bonchev–Trinajstić information content (AvgIpc) is 3.01. The van der Waals surface area contributed by atoms with E-state index in [0.717, 1.165) is 57.8 Å². The van der Waals surface area contributed by atoms with E-state index in [9.17, 15) is 19.4 Å². The lowest BCUT2D eigenvalue weighted by Gasteiger charge is -2.29. The molecule has 0 bridgehead atoms. The van der Waals surface area contributed by atoms with Gasteiger partial charge in [-0.3, -0.25) is 9.36 Å². The zero-order valence-corrected chi connectivity index (χ0v) is 31.3. The van der Waals surface area contributed by atoms with Crippen LogP contribution in [0.15, 0.2) is 60.8 Å². The molecule has 3 unspecified atom stereocenters. The summed E-state index contributed by atoms with van der Waals surface area (Å²) in [6.45, 7) is 4.42. The first-order chi connectivity index (χ1) is 22.5. The van der Waals surface area contributed by atoms with Gasteiger partial charge in [-0.05, 0) is 64.2 Å². The number of aliphatic hydroxyl groups excluding tert-OH is 1. The molecule has 0 saturated carbocycles. The van der Waals surface area contributed by atoms with E-state index in [0.29, 0.717) is 23.9 Å². The van der Waals surface area contributed by atoms with Crippen LogP contribution in [0.1, 0.15) is 123 Å². The lowest BCUT2D eigenvalue weighted by molar-refractivity contribution is -0.870. The van der Waals surface area contributed by atoms with E-state index >= 15 is 0 Å². The fourth-order valence-electron chi connectivity index (χ4n) is 4.53. The highest BCUT2D eigenvalue weighted by atomic mass is 31.2. The molecule has 0 aromatic rings. The Bertz CT molecular complexity index is 954. The van der Waals surface area contributed by atoms with Gasteiger partial charge in [0.2, 0.25) is 5.91 Å². The molecule has 0 heterocycles. The number of allylic oxidation sites excluding steroid dienone is 9. The number of hydrogen-bond donors (Lipinski definition) is 2. The summed E-state index contributed by atoms with van der Waals surface area (Å²) in [5, 5.41) is 13.6. The Morgan fingerprint density at radius 1 is 0.766 bits per heavy atom. The maximum absolute atomic E-state index is 12.7. The van der Waals surface area contributed by atoms with Crippen LogP contribution in [-0.4, -0.2) is 68.5 Å². The third-order valence-corrected chi connectivity index (χ3v) is 8.43. The lowest BCUT2D eigenvalue weighted by atomic mass is 10.1. The number of amides is 1. The third kappa shape index (κ3) is 32.5. The second-order valence-electron chi connectivity index (χ2n) is 13.2. The molecule has 0 radical (unpaired) electrons. The Morgan fingerprint density at radius 2 is 1.32 bits per heavy atom. The Hall–Kier alpha value is -1.80. The smallest absolute Gasteiger partial charge is 0.268 e. The van der Waals surface area contributed by atoms with Crippen molar-refractivity contribution in [1.29, 1.82) is 0 Å². The van der Waals surface area contributed by atoms with Crippen molar-refractivity contribution >= 4 is 13.7 Å². The van der Waals surface area contributed by atoms with Gasteiger partial charge >= 0.3 is 0 Å². The summed E-state index contributed by atoms with van der Waals surface area (Å²) < 4.78 is 23.0. The zero-order valence-electron chi connectivity index (χ0n) is 30.5. The first-order valence-corrected chi connectivity index (χ1v) is 19.6. The van der Waals surface area contributed by atoms with E-state index in [1.54, 1.807) is 6.08 Å². The zero-order chi connectivity index (χ0) is 35.1. The van der Waals surface area contributed by atoms with Crippen molar-refractivity contribution in [2.75, 3.05) is 40.9 Å². The van der Waals surface area contributed by atoms with Crippen LogP contribution in [0, 0.1) is 0 Å². The van der Waals surface area contributed by atoms with Crippen LogP contribution >= 0.6 is 7.82 Å². The second kappa shape index (κ2) is 30.3. The Morgan fingerprint density at radius 3 is 1.98 bits per heavy atom. The molecule has 0 aliphatic rings. The van der Waals surface area contributed by atoms with Crippen molar-refractivity contribution in [1.82, 2.24) is 5.32 Å². The van der Waals surface area contributed by atoms with E-state index in [-0.39, 0.29) is 12.5 Å². The molecule has 2 N–H and O–H groups in total. The van der Waals surface area contributed by atoms with Crippen LogP contribution < -0.4 is 10.2 Å². The number of quaternary nitrogens is 1. The number of nitrogens with zero attached hydrogens (tertiary/aromatic N) is 1. The van der Waals surface area contributed by atoms with Gasteiger partial charge in [-0.15, -0.1) is 0 Å². The SMILES string of the molecule is CC/C=C\C/C=C\C/C=C\CCCCCC(=O)NC(COP(=O)([O-])OCC[N+](C)(C)C)C(O)/C=C/CC/C=C/CCCCCCCC. The van der Waals surface area contributed by atoms with Gasteiger partial charge in [0.05, 0.1) is 39.9 Å². The van der Waals surface area contributed by atoms with E-state index in [1.165, 1.54) is 38.5 Å². The molecule has 272 valence electrons. The topological polar surface area (TPSA) is 108 Å². The average molecular weight is 681 g/mol. The van der Waals surface area contributed by atoms with Crippen molar-refractivity contribution in [2.45, 2.75) is 135 Å². The van der Waals surface area contributed by atoms with E-state index in [4.69, 9.17) is 9.05 Å². The maximum Gasteiger partial charge on any atom is 0.268 e. The van der Waals surface area contributed by atoms with Gasteiger partial charge in [0.25, 0.3) is 7.82 Å². The van der Waals surface area contributed by atoms with Gasteiger partial charge in [0, 0.05) is 6.42 Å². The molecular weight excluding hydrogens is 611 g/mol. The first-order valence-electron chi connectivity index (χ1n) is 18.2. The number of phosphoric ester groups is 1. The highest BCUT2D eigenvalue weighted by Gasteiger charge is 2.23. The molecule has 47 heavy (non-hydrogen) atoms. The molecule has 8 nitrogen and oxygen atoms in total. The first kappa shape index (κ1) is 45.2. The number of rotatable bonds is 31. The van der Waals surface area contributed by atoms with Crippen molar-refractivity contribution < 1.29 is 32.9 Å². The number of aliphatic hydroxyl groups is 1. The molecule has 0 aliphatic carbocycles. The van der Waals surface area contributed by atoms with Crippen LogP contribution in [0.5, 0.6) is 0 Å². The maximum atomic E-state index is 12.7. The van der Waals surface area contributed by atoms with Crippen LogP contribution in [-0.2, 0) is 18.4 Å². The molecule has 3 atom stereocenters. The van der Waals surface area contributed by atoms with Gasteiger partial charge < -0.3 is 28.8 Å². The van der Waals surface area contributed by atoms with E-state index in [1.807, 2.05) is 27.2 Å². The molecule has 9 heteroatoms. The van der Waals surface area contributed by atoms with E-state index in [2.05, 4.69) is 67.8 Å². The van der Waals surface area contributed by atoms with Crippen LogP contribution in [0.2, 0.25) is 0 Å². The fraction of sp³-hybridized carbons (Fsp3) is 0.711. The number of unbranched alkanes of at least 4 members (excludes halogenated alkanes) is 10. The van der Waals surface area contributed by atoms with Crippen LogP contribution in [0.4, 0.5) is 0 Å². The van der Waals surface area contributed by atoms with Crippen molar-refractivity contribution in [2.24, 2.45) is 0 Å². The highest BCUT2D eigenvalue weighted by molar-refractivity contribution is 7.45. The summed E-state index contributed by atoms with van der Waals surface area (Å²) in [6, 6.07) is -0.917. The van der Waals surface area contributed by atoms with Crippen molar-refractivity contribution in [3.63, 3.8) is 0 Å². The minimum absolute atomic E-state index is 0.0152. The molecule has 0 saturated heterocycles. The summed E-state index contributed by atoms with van der Waals surface area (Å²) in [6.07, 6.45) is 37.0. The van der Waals surface area contributed by atoms with Crippen LogP contribution in [0.3, 0.4) is 0 Å². The molecule has 0 spiro atoms. The minimum atomic E-state index is -4.59. The summed E-state index contributed by atoms with van der Waals surface area (Å²) in [4.78, 5) is 25.1. The second-order valence-corrected chi connectivity index (χ2v) is 14.6. The number of phosphoric acid groups is 1. The molecule has 0 aromatic carbocycles. The van der Waals surface area contributed by atoms with Crippen molar-refractivity contribution in [3.05, 3.63) is 60.8 Å². The molecule has 1 amide bonds. The molecular formula is C38H69N2O6P. The number of nitrogens with one attached hydrogen (secondary N) is 1. The number of hydrogen-bond acceptors (Lipinski definition) is 6. The monoisotopic (exact) mass is 680 g/mol. The molecule has 0 aliphatic heterocycles. The molecule has 0 fully saturated rings. The summed E-state index contributed by atoms with van der Waals surface area (Å²) in [7, 11) is 1.21. The van der Waals surface area contributed by atoms with Crippen molar-refractivity contribution in [3.8, 4) is 0 Å². The summed E-state index contributed by atoms with van der Waals surface area (Å²) >= 11 is 0. The predicted octanol–water partition coefficient (Wildman–Crippen LogP) is 8.49. The van der Waals surface area contributed by atoms with Gasteiger partial charge in [0.1, 0.15) is 13.2 Å². The normalized spacial score (nSPS) is 15.5. The molecule has 0 rings (SSSR count). The third-order valence-electron chi connectivity index (χ3n) is 7.46. The lowest BCUT2D eigenvalue weighted by Crippen LogP contribution is -2.45. The quantitative estimate of drug-likeness (QED) is 0.0329. The number of carbonyl (C=O) groups is 1.